The molecule has 2 aromatic heterocycles. The van der Waals surface area contributed by atoms with Crippen LogP contribution >= 0.6 is 11.9 Å². The van der Waals surface area contributed by atoms with E-state index in [1.165, 1.54) is 60.7 Å². The first kappa shape index (κ1) is 24.5. The molecule has 1 aromatic carbocycles. The van der Waals surface area contributed by atoms with Crippen molar-refractivity contribution >= 4 is 28.8 Å². The number of nitrogens with zero attached hydrogens (tertiary/aromatic N) is 3. The van der Waals surface area contributed by atoms with Gasteiger partial charge in [0.15, 0.2) is 0 Å². The second-order valence-electron chi connectivity index (χ2n) is 10.2. The van der Waals surface area contributed by atoms with Gasteiger partial charge in [-0.25, -0.2) is 0 Å². The molecule has 1 aliphatic carbocycles. The molecule has 3 aromatic rings. The fourth-order valence-corrected chi connectivity index (χ4v) is 6.31. The molecule has 0 saturated heterocycles. The number of hydrogen-bond donors (Lipinski definition) is 1. The Morgan fingerprint density at radius 2 is 1.69 bits per heavy atom. The van der Waals surface area contributed by atoms with E-state index in [1.807, 2.05) is 12.3 Å². The predicted molar refractivity (Wildman–Crippen MR) is 145 cm³/mol. The van der Waals surface area contributed by atoms with Crippen LogP contribution in [0.5, 0.6) is 0 Å². The molecule has 7 heteroatoms. The van der Waals surface area contributed by atoms with Crippen LogP contribution in [0.4, 0.5) is 0 Å². The molecule has 2 bridgehead atoms. The number of furan rings is 1. The van der Waals surface area contributed by atoms with Crippen molar-refractivity contribution in [3.8, 4) is 11.3 Å². The van der Waals surface area contributed by atoms with Gasteiger partial charge in [-0.1, -0.05) is 37.3 Å². The first-order valence-electron chi connectivity index (χ1n) is 13.1. The predicted octanol–water partition coefficient (Wildman–Crippen LogP) is 5.59. The highest BCUT2D eigenvalue weighted by atomic mass is 32.2. The molecule has 2 aliphatic rings. The lowest BCUT2D eigenvalue weighted by Crippen LogP contribution is -2.33. The van der Waals surface area contributed by atoms with E-state index < -0.39 is 0 Å². The number of likely N-dealkylation sites (N-methyl/N-ethyl adjacent to an activating group) is 2. The van der Waals surface area contributed by atoms with Gasteiger partial charge in [0, 0.05) is 54.0 Å². The van der Waals surface area contributed by atoms with Gasteiger partial charge in [0.25, 0.3) is 5.91 Å². The van der Waals surface area contributed by atoms with Gasteiger partial charge in [0.05, 0.1) is 18.2 Å². The van der Waals surface area contributed by atoms with Gasteiger partial charge in [0.2, 0.25) is 0 Å². The molecule has 35 heavy (non-hydrogen) atoms. The van der Waals surface area contributed by atoms with Crippen LogP contribution in [0.25, 0.3) is 22.2 Å². The van der Waals surface area contributed by atoms with Crippen LogP contribution < -0.4 is 4.72 Å². The summed E-state index contributed by atoms with van der Waals surface area (Å²) in [5, 5.41) is 1.29. The van der Waals surface area contributed by atoms with E-state index in [-0.39, 0.29) is 5.91 Å². The topological polar surface area (TPSA) is 53.7 Å². The summed E-state index contributed by atoms with van der Waals surface area (Å²) in [6, 6.07) is 8.41. The van der Waals surface area contributed by atoms with Crippen molar-refractivity contribution in [2.24, 2.45) is 0 Å². The minimum absolute atomic E-state index is 0.00806. The van der Waals surface area contributed by atoms with E-state index in [9.17, 15) is 4.79 Å². The molecule has 0 radical (unpaired) electrons. The third-order valence-corrected chi connectivity index (χ3v) is 8.52. The van der Waals surface area contributed by atoms with Gasteiger partial charge < -0.3 is 18.8 Å². The van der Waals surface area contributed by atoms with Crippen molar-refractivity contribution in [2.75, 3.05) is 46.0 Å². The minimum atomic E-state index is -0.00806. The van der Waals surface area contributed by atoms with Gasteiger partial charge in [-0.05, 0) is 69.6 Å². The third-order valence-electron chi connectivity index (χ3n) is 7.69. The number of benzene rings is 1. The summed E-state index contributed by atoms with van der Waals surface area (Å²) in [5.74, 6) is 1.46. The SMILES string of the molecule is CN1CCCSNC(=O)c2ccc3c(C4CCCCC4)c(-c4ccoc4)n(c3c2)CCN(C)CC1. The second kappa shape index (κ2) is 11.2. The molecule has 188 valence electrons. The summed E-state index contributed by atoms with van der Waals surface area (Å²) >= 11 is 1.52. The summed E-state index contributed by atoms with van der Waals surface area (Å²) in [6.45, 7) is 4.97. The molecule has 5 rings (SSSR count). The number of hydrogen-bond acceptors (Lipinski definition) is 5. The highest BCUT2D eigenvalue weighted by molar-refractivity contribution is 7.97. The molecule has 0 unspecified atom stereocenters. The van der Waals surface area contributed by atoms with Crippen LogP contribution in [-0.4, -0.2) is 66.3 Å². The average Bonchev–Trinajstić information content (AvgIpc) is 3.51. The van der Waals surface area contributed by atoms with Crippen LogP contribution in [0.3, 0.4) is 0 Å². The summed E-state index contributed by atoms with van der Waals surface area (Å²) in [5.41, 5.74) is 5.76. The Bertz CT molecular complexity index is 1130. The number of aromatic nitrogens is 1. The Hall–Kier alpha value is -2.22. The van der Waals surface area contributed by atoms with Crippen molar-refractivity contribution in [1.29, 1.82) is 0 Å². The second-order valence-corrected chi connectivity index (χ2v) is 11.1. The van der Waals surface area contributed by atoms with Gasteiger partial charge in [0.1, 0.15) is 0 Å². The Balaban J connectivity index is 1.62. The number of fused-ring (bicyclic) bond motifs is 1. The zero-order valence-corrected chi connectivity index (χ0v) is 21.9. The first-order chi connectivity index (χ1) is 17.1. The van der Waals surface area contributed by atoms with Gasteiger partial charge >= 0.3 is 0 Å². The zero-order valence-electron chi connectivity index (χ0n) is 21.1. The van der Waals surface area contributed by atoms with Crippen molar-refractivity contribution in [2.45, 2.75) is 51.0 Å². The number of nitrogens with one attached hydrogen (secondary N) is 1. The fraction of sp³-hybridized carbons (Fsp3) is 0.536. The van der Waals surface area contributed by atoms with Crippen LogP contribution in [-0.2, 0) is 6.54 Å². The maximum atomic E-state index is 13.0. The normalized spacial score (nSPS) is 20.5. The smallest absolute Gasteiger partial charge is 0.261 e. The fourth-order valence-electron chi connectivity index (χ4n) is 5.68. The van der Waals surface area contributed by atoms with Gasteiger partial charge in [-0.3, -0.25) is 9.52 Å². The molecule has 0 spiro atoms. The van der Waals surface area contributed by atoms with Crippen molar-refractivity contribution in [3.05, 3.63) is 47.9 Å². The standard InChI is InChI=1S/C28H38N4O2S/c1-30-12-6-18-35-29-28(33)22-9-10-24-25(19-22)32(16-15-31(2)14-13-30)27(23-11-17-34-20-23)26(24)21-7-4-3-5-8-21/h9-11,17,19-21H,3-8,12-16,18H2,1-2H3,(H,29,33). The number of rotatable bonds is 2. The van der Waals surface area contributed by atoms with E-state index in [4.69, 9.17) is 4.42 Å². The molecule has 6 nitrogen and oxygen atoms in total. The molecule has 3 heterocycles. The quantitative estimate of drug-likeness (QED) is 0.471. The van der Waals surface area contributed by atoms with Crippen LogP contribution in [0, 0.1) is 0 Å². The lowest BCUT2D eigenvalue weighted by molar-refractivity contribution is 0.0984. The summed E-state index contributed by atoms with van der Waals surface area (Å²) in [7, 11) is 4.41. The maximum Gasteiger partial charge on any atom is 0.261 e. The maximum absolute atomic E-state index is 13.0. The molecular formula is C28H38N4O2S. The minimum Gasteiger partial charge on any atom is -0.472 e. The van der Waals surface area contributed by atoms with E-state index in [0.29, 0.717) is 5.92 Å². The Morgan fingerprint density at radius 1 is 0.914 bits per heavy atom. The Labute approximate surface area is 213 Å². The lowest BCUT2D eigenvalue weighted by atomic mass is 9.82. The van der Waals surface area contributed by atoms with Crippen molar-refractivity contribution in [1.82, 2.24) is 19.1 Å². The zero-order chi connectivity index (χ0) is 24.2. The van der Waals surface area contributed by atoms with Gasteiger partial charge in [-0.2, -0.15) is 0 Å². The van der Waals surface area contributed by atoms with Gasteiger partial charge in [-0.15, -0.1) is 0 Å². The Kier molecular flexibility index (Phi) is 7.85. The van der Waals surface area contributed by atoms with E-state index in [2.05, 4.69) is 51.4 Å². The van der Waals surface area contributed by atoms with E-state index in [1.54, 1.807) is 6.26 Å². The molecule has 1 amide bonds. The Morgan fingerprint density at radius 3 is 2.46 bits per heavy atom. The largest absolute Gasteiger partial charge is 0.472 e. The highest BCUT2D eigenvalue weighted by Crippen LogP contribution is 2.44. The van der Waals surface area contributed by atoms with Crippen molar-refractivity contribution < 1.29 is 9.21 Å². The summed E-state index contributed by atoms with van der Waals surface area (Å²) < 4.78 is 11.1. The highest BCUT2D eigenvalue weighted by Gasteiger charge is 2.27. The lowest BCUT2D eigenvalue weighted by Gasteiger charge is -2.24. The van der Waals surface area contributed by atoms with E-state index >= 15 is 0 Å². The third kappa shape index (κ3) is 5.47. The monoisotopic (exact) mass is 494 g/mol. The number of amides is 1. The summed E-state index contributed by atoms with van der Waals surface area (Å²) in [6.07, 6.45) is 11.1. The molecule has 0 atom stereocenters. The number of carbonyl (C=O) groups excluding carboxylic acids is 1. The van der Waals surface area contributed by atoms with E-state index in [0.717, 1.165) is 61.5 Å². The summed E-state index contributed by atoms with van der Waals surface area (Å²) in [4.78, 5) is 17.8. The van der Waals surface area contributed by atoms with Crippen LogP contribution in [0.2, 0.25) is 0 Å². The molecular weight excluding hydrogens is 456 g/mol. The molecule has 1 fully saturated rings. The van der Waals surface area contributed by atoms with Crippen LogP contribution in [0.15, 0.2) is 41.2 Å². The average molecular weight is 495 g/mol. The molecule has 1 aliphatic heterocycles. The van der Waals surface area contributed by atoms with Crippen LogP contribution in [0.1, 0.15) is 60.4 Å². The van der Waals surface area contributed by atoms with Crippen molar-refractivity contribution in [3.63, 3.8) is 0 Å². The number of carbonyl (C=O) groups is 1. The molecule has 1 N–H and O–H groups in total. The first-order valence-corrected chi connectivity index (χ1v) is 14.1. The molecule has 1 saturated carbocycles.